The minimum atomic E-state index is -0.238. The zero-order chi connectivity index (χ0) is 13.5. The van der Waals surface area contributed by atoms with Crippen molar-refractivity contribution < 1.29 is 0 Å². The van der Waals surface area contributed by atoms with Gasteiger partial charge in [-0.15, -0.1) is 5.10 Å². The molecule has 5 heteroatoms. The fourth-order valence-corrected chi connectivity index (χ4v) is 2.28. The Kier molecular flexibility index (Phi) is 2.20. The summed E-state index contributed by atoms with van der Waals surface area (Å²) in [7, 11) is 0. The molecular weight excluding hydrogens is 252 g/mol. The van der Waals surface area contributed by atoms with Gasteiger partial charge in [-0.2, -0.15) is 0 Å². The summed E-state index contributed by atoms with van der Waals surface area (Å²) in [5.41, 5.74) is 2.53. The summed E-state index contributed by atoms with van der Waals surface area (Å²) in [5, 5.41) is 4.46. The summed E-state index contributed by atoms with van der Waals surface area (Å²) < 4.78 is 1.59. The molecule has 0 unspecified atom stereocenters. The Bertz CT molecular complexity index is 969. The zero-order valence-corrected chi connectivity index (χ0v) is 10.4. The van der Waals surface area contributed by atoms with Gasteiger partial charge in [0.1, 0.15) is 0 Å². The molecule has 4 aromatic rings. The van der Waals surface area contributed by atoms with Crippen LogP contribution < -0.4 is 5.56 Å². The minimum absolute atomic E-state index is 0.238. The molecule has 4 rings (SSSR count). The number of H-pyrrole nitrogens is 1. The number of aromatic amines is 1. The molecule has 2 aromatic heterocycles. The minimum Gasteiger partial charge on any atom is -0.317 e. The molecule has 0 spiro atoms. The van der Waals surface area contributed by atoms with Gasteiger partial charge in [0.2, 0.25) is 5.65 Å². The second-order valence-corrected chi connectivity index (χ2v) is 4.51. The highest BCUT2D eigenvalue weighted by molar-refractivity contribution is 5.77. The number of rotatable bonds is 1. The van der Waals surface area contributed by atoms with Crippen LogP contribution in [0.2, 0.25) is 0 Å². The fourth-order valence-electron chi connectivity index (χ4n) is 2.28. The zero-order valence-electron chi connectivity index (χ0n) is 10.4. The molecule has 0 saturated heterocycles. The van der Waals surface area contributed by atoms with E-state index in [1.54, 1.807) is 4.52 Å². The Hall–Kier alpha value is -2.95. The van der Waals surface area contributed by atoms with E-state index in [0.29, 0.717) is 11.5 Å². The first-order valence-corrected chi connectivity index (χ1v) is 6.26. The summed E-state index contributed by atoms with van der Waals surface area (Å²) in [6.07, 6.45) is 0. The molecule has 5 nitrogen and oxygen atoms in total. The van der Waals surface area contributed by atoms with Crippen LogP contribution in [0.15, 0.2) is 59.4 Å². The van der Waals surface area contributed by atoms with Gasteiger partial charge in [-0.1, -0.05) is 42.5 Å². The van der Waals surface area contributed by atoms with Crippen molar-refractivity contribution in [3.05, 3.63) is 65.0 Å². The first kappa shape index (κ1) is 10.9. The van der Waals surface area contributed by atoms with Gasteiger partial charge in [0, 0.05) is 5.56 Å². The molecule has 2 aromatic carbocycles. The molecule has 20 heavy (non-hydrogen) atoms. The number of hydrogen-bond donors (Lipinski definition) is 1. The van der Waals surface area contributed by atoms with Gasteiger partial charge < -0.3 is 4.98 Å². The highest BCUT2D eigenvalue weighted by atomic mass is 16.1. The van der Waals surface area contributed by atoms with Crippen molar-refractivity contribution in [3.8, 4) is 11.4 Å². The molecule has 2 heterocycles. The average molecular weight is 262 g/mol. The maximum atomic E-state index is 12.1. The normalized spacial score (nSPS) is 11.2. The smallest absolute Gasteiger partial charge is 0.293 e. The fraction of sp³-hybridized carbons (Fsp3) is 0. The lowest BCUT2D eigenvalue weighted by atomic mass is 10.2. The summed E-state index contributed by atoms with van der Waals surface area (Å²) in [6, 6.07) is 17.1. The van der Waals surface area contributed by atoms with Crippen molar-refractivity contribution in [1.82, 2.24) is 19.6 Å². The van der Waals surface area contributed by atoms with Gasteiger partial charge in [0.25, 0.3) is 5.56 Å². The van der Waals surface area contributed by atoms with Crippen LogP contribution in [0.25, 0.3) is 28.1 Å². The second kappa shape index (κ2) is 4.03. The molecule has 0 radical (unpaired) electrons. The Balaban J connectivity index is 2.11. The van der Waals surface area contributed by atoms with Crippen LogP contribution in [0.1, 0.15) is 0 Å². The first-order valence-electron chi connectivity index (χ1n) is 6.26. The summed E-state index contributed by atoms with van der Waals surface area (Å²) in [4.78, 5) is 19.2. The predicted octanol–water partition coefficient (Wildman–Crippen LogP) is 2.24. The van der Waals surface area contributed by atoms with Crippen LogP contribution in [0, 0.1) is 0 Å². The van der Waals surface area contributed by atoms with E-state index in [1.807, 2.05) is 54.6 Å². The van der Waals surface area contributed by atoms with Crippen molar-refractivity contribution in [3.63, 3.8) is 0 Å². The molecule has 0 aliphatic heterocycles. The quantitative estimate of drug-likeness (QED) is 0.572. The monoisotopic (exact) mass is 262 g/mol. The third-order valence-corrected chi connectivity index (χ3v) is 3.22. The van der Waals surface area contributed by atoms with E-state index in [9.17, 15) is 4.79 Å². The van der Waals surface area contributed by atoms with Gasteiger partial charge in [-0.25, -0.2) is 9.50 Å². The number of nitrogens with one attached hydrogen (secondary N) is 1. The molecule has 96 valence electrons. The number of aromatic nitrogens is 4. The van der Waals surface area contributed by atoms with E-state index in [2.05, 4.69) is 15.1 Å². The predicted molar refractivity (Wildman–Crippen MR) is 76.5 cm³/mol. The largest absolute Gasteiger partial charge is 0.317 e. The lowest BCUT2D eigenvalue weighted by Gasteiger charge is -1.98. The summed E-state index contributed by atoms with van der Waals surface area (Å²) in [6.45, 7) is 0. The topological polar surface area (TPSA) is 63.0 Å². The van der Waals surface area contributed by atoms with Crippen LogP contribution in [-0.4, -0.2) is 19.6 Å². The Morgan fingerprint density at radius 2 is 1.70 bits per heavy atom. The maximum Gasteiger partial charge on any atom is 0.293 e. The highest BCUT2D eigenvalue weighted by Gasteiger charge is 2.11. The molecular formula is C15H10N4O. The SMILES string of the molecule is O=c1[nH]c2ccccc2n2nc(-c3ccccc3)nc12. The van der Waals surface area contributed by atoms with Gasteiger partial charge >= 0.3 is 0 Å². The van der Waals surface area contributed by atoms with Crippen LogP contribution in [0.5, 0.6) is 0 Å². The first-order chi connectivity index (χ1) is 9.83. The Morgan fingerprint density at radius 3 is 2.55 bits per heavy atom. The van der Waals surface area contributed by atoms with Gasteiger partial charge in [0.15, 0.2) is 5.82 Å². The van der Waals surface area contributed by atoms with E-state index in [1.165, 1.54) is 0 Å². The van der Waals surface area contributed by atoms with Crippen molar-refractivity contribution >= 4 is 16.7 Å². The Morgan fingerprint density at radius 1 is 0.950 bits per heavy atom. The maximum absolute atomic E-state index is 12.1. The summed E-state index contributed by atoms with van der Waals surface area (Å²) in [5.74, 6) is 0.549. The molecule has 0 amide bonds. The van der Waals surface area contributed by atoms with E-state index in [4.69, 9.17) is 0 Å². The van der Waals surface area contributed by atoms with Crippen molar-refractivity contribution in [2.75, 3.05) is 0 Å². The van der Waals surface area contributed by atoms with Crippen LogP contribution in [0.3, 0.4) is 0 Å². The summed E-state index contributed by atoms with van der Waals surface area (Å²) >= 11 is 0. The third kappa shape index (κ3) is 1.53. The van der Waals surface area contributed by atoms with Gasteiger partial charge in [0.05, 0.1) is 11.0 Å². The van der Waals surface area contributed by atoms with Crippen molar-refractivity contribution in [2.45, 2.75) is 0 Å². The van der Waals surface area contributed by atoms with E-state index < -0.39 is 0 Å². The van der Waals surface area contributed by atoms with Crippen LogP contribution in [0.4, 0.5) is 0 Å². The molecule has 0 fully saturated rings. The number of benzene rings is 2. The molecule has 1 N–H and O–H groups in total. The van der Waals surface area contributed by atoms with Crippen molar-refractivity contribution in [2.24, 2.45) is 0 Å². The number of nitrogens with zero attached hydrogens (tertiary/aromatic N) is 3. The van der Waals surface area contributed by atoms with Crippen LogP contribution in [-0.2, 0) is 0 Å². The molecule has 0 aliphatic rings. The molecule has 0 bridgehead atoms. The van der Waals surface area contributed by atoms with Crippen LogP contribution >= 0.6 is 0 Å². The van der Waals surface area contributed by atoms with Crippen molar-refractivity contribution in [1.29, 1.82) is 0 Å². The van der Waals surface area contributed by atoms with Gasteiger partial charge in [-0.3, -0.25) is 4.79 Å². The molecule has 0 atom stereocenters. The number of fused-ring (bicyclic) bond motifs is 3. The molecule has 0 saturated carbocycles. The number of para-hydroxylation sites is 2. The standard InChI is InChI=1S/C15H10N4O/c20-15-14-17-13(10-6-2-1-3-7-10)18-19(14)12-9-5-4-8-11(12)16-15/h1-9H,(H,16,20). The number of hydrogen-bond acceptors (Lipinski definition) is 3. The third-order valence-electron chi connectivity index (χ3n) is 3.22. The van der Waals surface area contributed by atoms with E-state index in [-0.39, 0.29) is 5.56 Å². The van der Waals surface area contributed by atoms with E-state index >= 15 is 0 Å². The van der Waals surface area contributed by atoms with E-state index in [0.717, 1.165) is 16.6 Å². The lowest BCUT2D eigenvalue weighted by molar-refractivity contribution is 0.991. The highest BCUT2D eigenvalue weighted by Crippen LogP contribution is 2.17. The lowest BCUT2D eigenvalue weighted by Crippen LogP contribution is -2.11. The van der Waals surface area contributed by atoms with Gasteiger partial charge in [-0.05, 0) is 12.1 Å². The Labute approximate surface area is 113 Å². The second-order valence-electron chi connectivity index (χ2n) is 4.51. The average Bonchev–Trinajstić information content (AvgIpc) is 2.94. The molecule has 0 aliphatic carbocycles.